The van der Waals surface area contributed by atoms with E-state index in [4.69, 9.17) is 9.84 Å². The average Bonchev–Trinajstić information content (AvgIpc) is 3.18. The molecule has 0 spiro atoms. The number of carboxylic acid groups (broad SMARTS) is 1. The maximum Gasteiger partial charge on any atom is 0.341 e. The fraction of sp³-hybridized carbons (Fsp3) is 0.286. The Bertz CT molecular complexity index is 862. The second-order valence-corrected chi connectivity index (χ2v) is 5.01. The number of aromatic nitrogens is 1. The average molecular weight is 313 g/mol. The summed E-state index contributed by atoms with van der Waals surface area (Å²) in [7, 11) is 1.08. The predicted molar refractivity (Wildman–Crippen MR) is 70.2 cm³/mol. The molecule has 8 heteroatoms. The topological polar surface area (TPSA) is 68.5 Å². The zero-order valence-corrected chi connectivity index (χ0v) is 11.3. The molecule has 0 radical (unpaired) electrons. The van der Waals surface area contributed by atoms with Crippen LogP contribution in [0.4, 0.5) is 13.2 Å². The van der Waals surface area contributed by atoms with Crippen LogP contribution >= 0.6 is 0 Å². The van der Waals surface area contributed by atoms with Gasteiger partial charge >= 0.3 is 5.97 Å². The van der Waals surface area contributed by atoms with E-state index in [-0.39, 0.29) is 17.3 Å². The van der Waals surface area contributed by atoms with Gasteiger partial charge in [-0.1, -0.05) is 0 Å². The Hall–Kier alpha value is -2.51. The number of nitrogens with zero attached hydrogens (tertiary/aromatic N) is 1. The first-order chi connectivity index (χ1) is 10.4. The first kappa shape index (κ1) is 14.4. The zero-order valence-electron chi connectivity index (χ0n) is 11.3. The number of carboxylic acids is 1. The minimum absolute atomic E-state index is 0.0964. The number of fused-ring (bicyclic) bond motifs is 1. The monoisotopic (exact) mass is 313 g/mol. The summed E-state index contributed by atoms with van der Waals surface area (Å²) >= 11 is 0. The van der Waals surface area contributed by atoms with Crippen molar-refractivity contribution in [3.05, 3.63) is 39.7 Å². The van der Waals surface area contributed by atoms with Crippen LogP contribution in [0, 0.1) is 11.6 Å². The molecule has 2 unspecified atom stereocenters. The number of halogens is 3. The fourth-order valence-electron chi connectivity index (χ4n) is 2.47. The Labute approximate surface area is 121 Å². The molecule has 3 rings (SSSR count). The Morgan fingerprint density at radius 1 is 1.45 bits per heavy atom. The van der Waals surface area contributed by atoms with Crippen molar-refractivity contribution in [2.24, 2.45) is 0 Å². The minimum atomic E-state index is -1.53. The normalized spacial score (nSPS) is 20.2. The molecule has 0 saturated heterocycles. The predicted octanol–water partition coefficient (Wildman–Crippen LogP) is 2.27. The molecule has 1 fully saturated rings. The van der Waals surface area contributed by atoms with Gasteiger partial charge in [-0.2, -0.15) is 4.39 Å². The van der Waals surface area contributed by atoms with Crippen LogP contribution in [0.2, 0.25) is 0 Å². The Morgan fingerprint density at radius 2 is 2.09 bits per heavy atom. The number of hydrogen-bond donors (Lipinski definition) is 1. The van der Waals surface area contributed by atoms with Crippen molar-refractivity contribution in [2.75, 3.05) is 7.11 Å². The van der Waals surface area contributed by atoms with Gasteiger partial charge in [0.1, 0.15) is 11.7 Å². The molecule has 1 aromatic carbocycles. The zero-order chi connectivity index (χ0) is 16.2. The quantitative estimate of drug-likeness (QED) is 0.944. The van der Waals surface area contributed by atoms with Crippen LogP contribution in [0.25, 0.3) is 10.9 Å². The van der Waals surface area contributed by atoms with Crippen LogP contribution < -0.4 is 10.2 Å². The number of benzene rings is 1. The molecular weight excluding hydrogens is 303 g/mol. The lowest BCUT2D eigenvalue weighted by Crippen LogP contribution is -2.20. The van der Waals surface area contributed by atoms with E-state index < -0.39 is 46.6 Å². The summed E-state index contributed by atoms with van der Waals surface area (Å²) in [5.74, 6) is -4.74. The molecule has 1 aromatic heterocycles. The molecule has 22 heavy (non-hydrogen) atoms. The van der Waals surface area contributed by atoms with E-state index in [2.05, 4.69) is 0 Å². The van der Waals surface area contributed by atoms with E-state index in [0.717, 1.165) is 17.9 Å². The second kappa shape index (κ2) is 4.75. The van der Waals surface area contributed by atoms with E-state index in [1.165, 1.54) is 0 Å². The molecular formula is C14H10F3NO4. The lowest BCUT2D eigenvalue weighted by Gasteiger charge is -2.15. The van der Waals surface area contributed by atoms with Crippen molar-refractivity contribution in [1.82, 2.24) is 4.57 Å². The molecule has 1 heterocycles. The van der Waals surface area contributed by atoms with Gasteiger partial charge in [0.15, 0.2) is 11.6 Å². The van der Waals surface area contributed by atoms with Gasteiger partial charge in [0.2, 0.25) is 11.2 Å². The minimum Gasteiger partial charge on any atom is -0.491 e. The van der Waals surface area contributed by atoms with E-state index in [1.807, 2.05) is 0 Å². The van der Waals surface area contributed by atoms with Crippen molar-refractivity contribution in [3.8, 4) is 5.75 Å². The van der Waals surface area contributed by atoms with Gasteiger partial charge in [-0.3, -0.25) is 4.79 Å². The van der Waals surface area contributed by atoms with E-state index in [0.29, 0.717) is 6.07 Å². The highest BCUT2D eigenvalue weighted by Crippen LogP contribution is 2.42. The van der Waals surface area contributed by atoms with Crippen molar-refractivity contribution < 1.29 is 27.8 Å². The summed E-state index contributed by atoms with van der Waals surface area (Å²) in [4.78, 5) is 23.3. The van der Waals surface area contributed by atoms with Crippen molar-refractivity contribution in [2.45, 2.75) is 18.6 Å². The SMILES string of the molecule is COc1c(F)c(F)cc2c(=O)c(C(=O)O)cn(C3CC3F)c12. The molecule has 0 bridgehead atoms. The van der Waals surface area contributed by atoms with Crippen LogP contribution in [0.15, 0.2) is 17.1 Å². The number of methoxy groups -OCH3 is 1. The van der Waals surface area contributed by atoms with Gasteiger partial charge in [0.05, 0.1) is 24.1 Å². The summed E-state index contributed by atoms with van der Waals surface area (Å²) in [5.41, 5.74) is -1.77. The van der Waals surface area contributed by atoms with Crippen LogP contribution in [0.3, 0.4) is 0 Å². The van der Waals surface area contributed by atoms with E-state index >= 15 is 0 Å². The van der Waals surface area contributed by atoms with Gasteiger partial charge in [-0.25, -0.2) is 13.6 Å². The molecule has 1 N–H and O–H groups in total. The van der Waals surface area contributed by atoms with Gasteiger partial charge in [0.25, 0.3) is 0 Å². The molecule has 1 aliphatic carbocycles. The third-order valence-corrected chi connectivity index (χ3v) is 3.64. The smallest absolute Gasteiger partial charge is 0.341 e. The van der Waals surface area contributed by atoms with Crippen LogP contribution in [-0.2, 0) is 0 Å². The largest absolute Gasteiger partial charge is 0.491 e. The molecule has 2 atom stereocenters. The fourth-order valence-corrected chi connectivity index (χ4v) is 2.47. The number of hydrogen-bond acceptors (Lipinski definition) is 3. The molecule has 1 aliphatic rings. The van der Waals surface area contributed by atoms with Crippen LogP contribution in [0.1, 0.15) is 22.8 Å². The van der Waals surface area contributed by atoms with E-state index in [9.17, 15) is 22.8 Å². The number of aromatic carboxylic acids is 1. The maximum absolute atomic E-state index is 13.9. The number of carbonyl (C=O) groups is 1. The molecule has 2 aromatic rings. The molecule has 116 valence electrons. The highest BCUT2D eigenvalue weighted by atomic mass is 19.2. The number of ether oxygens (including phenoxy) is 1. The standard InChI is InChI=1S/C14H10F3NO4/c1-22-13-10(17)8(16)2-5-11(13)18(9-3-7(9)15)4-6(12(5)19)14(20)21/h2,4,7,9H,3H2,1H3,(H,20,21). The summed E-state index contributed by atoms with van der Waals surface area (Å²) in [5, 5.41) is 8.70. The lowest BCUT2D eigenvalue weighted by molar-refractivity contribution is 0.0694. The molecule has 0 aliphatic heterocycles. The summed E-state index contributed by atoms with van der Waals surface area (Å²) < 4.78 is 46.8. The van der Waals surface area contributed by atoms with Gasteiger partial charge in [-0.15, -0.1) is 0 Å². The first-order valence-corrected chi connectivity index (χ1v) is 6.35. The summed E-state index contributed by atoms with van der Waals surface area (Å²) in [6.07, 6.45) is -0.207. The molecule has 5 nitrogen and oxygen atoms in total. The van der Waals surface area contributed by atoms with Gasteiger partial charge in [-0.05, 0) is 6.07 Å². The number of rotatable bonds is 3. The third-order valence-electron chi connectivity index (χ3n) is 3.64. The highest BCUT2D eigenvalue weighted by molar-refractivity contribution is 5.94. The third kappa shape index (κ3) is 1.94. The lowest BCUT2D eigenvalue weighted by atomic mass is 10.1. The van der Waals surface area contributed by atoms with Crippen molar-refractivity contribution in [3.63, 3.8) is 0 Å². The van der Waals surface area contributed by atoms with Crippen LogP contribution in [-0.4, -0.2) is 28.9 Å². The summed E-state index contributed by atoms with van der Waals surface area (Å²) in [6.45, 7) is 0. The second-order valence-electron chi connectivity index (χ2n) is 5.01. The first-order valence-electron chi connectivity index (χ1n) is 6.35. The highest BCUT2D eigenvalue weighted by Gasteiger charge is 2.41. The Balaban J connectivity index is 2.50. The van der Waals surface area contributed by atoms with Crippen molar-refractivity contribution in [1.29, 1.82) is 0 Å². The number of alkyl halides is 1. The van der Waals surface area contributed by atoms with Crippen LogP contribution in [0.5, 0.6) is 5.75 Å². The molecule has 1 saturated carbocycles. The van der Waals surface area contributed by atoms with E-state index in [1.54, 1.807) is 0 Å². The number of pyridine rings is 1. The summed E-state index contributed by atoms with van der Waals surface area (Å²) in [6, 6.07) is -0.131. The molecule has 0 amide bonds. The Kier molecular flexibility index (Phi) is 3.12. The maximum atomic E-state index is 13.9. The van der Waals surface area contributed by atoms with Gasteiger partial charge < -0.3 is 14.4 Å². The Morgan fingerprint density at radius 3 is 2.59 bits per heavy atom. The van der Waals surface area contributed by atoms with Crippen molar-refractivity contribution >= 4 is 16.9 Å². The van der Waals surface area contributed by atoms with Gasteiger partial charge in [0, 0.05) is 12.6 Å².